The molecule has 0 atom stereocenters. The number of carbonyl (C=O) groups excluding carboxylic acids is 1. The van der Waals surface area contributed by atoms with Crippen molar-refractivity contribution in [2.45, 2.75) is 12.8 Å². The molecule has 10 heteroatoms. The zero-order valence-electron chi connectivity index (χ0n) is 20.1. The number of nitrogens with zero attached hydrogens (tertiary/aromatic N) is 5. The zero-order chi connectivity index (χ0) is 24.4. The van der Waals surface area contributed by atoms with Crippen molar-refractivity contribution in [2.24, 2.45) is 11.1 Å². The summed E-state index contributed by atoms with van der Waals surface area (Å²) in [6.45, 7) is 4.42. The molecule has 5 heterocycles. The molecule has 2 aliphatic rings. The SMILES string of the molecule is CN(C)c1ncccc1Nc1cc(Nc2ccc(N3CC4(CCNCC4)C3)cn2)ncc1C(N)=O. The van der Waals surface area contributed by atoms with E-state index >= 15 is 0 Å². The number of hydrogen-bond donors (Lipinski definition) is 4. The third-order valence-electron chi connectivity index (χ3n) is 6.73. The first kappa shape index (κ1) is 22.9. The molecule has 2 aliphatic heterocycles. The van der Waals surface area contributed by atoms with E-state index in [0.29, 0.717) is 22.7 Å². The van der Waals surface area contributed by atoms with Crippen molar-refractivity contribution >= 4 is 40.4 Å². The number of primary amides is 1. The molecule has 0 bridgehead atoms. The number of amides is 1. The molecule has 35 heavy (non-hydrogen) atoms. The molecule has 0 saturated carbocycles. The number of carbonyl (C=O) groups is 1. The largest absolute Gasteiger partial charge is 0.369 e. The van der Waals surface area contributed by atoms with Crippen LogP contribution in [0.15, 0.2) is 48.9 Å². The minimum atomic E-state index is -0.564. The lowest BCUT2D eigenvalue weighted by atomic mass is 9.72. The van der Waals surface area contributed by atoms with E-state index in [4.69, 9.17) is 5.73 Å². The maximum absolute atomic E-state index is 12.0. The summed E-state index contributed by atoms with van der Waals surface area (Å²) in [6.07, 6.45) is 7.57. The normalized spacial score (nSPS) is 16.5. The van der Waals surface area contributed by atoms with Gasteiger partial charge in [0, 0.05) is 51.1 Å². The van der Waals surface area contributed by atoms with Gasteiger partial charge in [-0.15, -0.1) is 0 Å². The van der Waals surface area contributed by atoms with E-state index in [-0.39, 0.29) is 5.56 Å². The molecule has 0 aliphatic carbocycles. The Labute approximate surface area is 205 Å². The van der Waals surface area contributed by atoms with Crippen LogP contribution in [0.2, 0.25) is 0 Å². The van der Waals surface area contributed by atoms with E-state index in [1.165, 1.54) is 19.0 Å². The Morgan fingerprint density at radius 2 is 1.80 bits per heavy atom. The van der Waals surface area contributed by atoms with E-state index < -0.39 is 5.91 Å². The van der Waals surface area contributed by atoms with Gasteiger partial charge in [0.1, 0.15) is 11.6 Å². The van der Waals surface area contributed by atoms with Crippen LogP contribution in [0.1, 0.15) is 23.2 Å². The number of pyridine rings is 3. The highest BCUT2D eigenvalue weighted by Gasteiger charge is 2.43. The third-order valence-corrected chi connectivity index (χ3v) is 6.73. The van der Waals surface area contributed by atoms with Crippen molar-refractivity contribution in [3.63, 3.8) is 0 Å². The highest BCUT2D eigenvalue weighted by molar-refractivity contribution is 5.99. The molecular weight excluding hydrogens is 442 g/mol. The van der Waals surface area contributed by atoms with E-state index in [1.807, 2.05) is 43.4 Å². The minimum Gasteiger partial charge on any atom is -0.369 e. The molecule has 5 N–H and O–H groups in total. The Bertz CT molecular complexity index is 1200. The summed E-state index contributed by atoms with van der Waals surface area (Å²) in [7, 11) is 3.81. The molecule has 1 spiro atoms. The average Bonchev–Trinajstić information content (AvgIpc) is 2.84. The molecule has 2 fully saturated rings. The number of rotatable bonds is 7. The van der Waals surface area contributed by atoms with E-state index in [9.17, 15) is 4.79 Å². The van der Waals surface area contributed by atoms with Crippen molar-refractivity contribution < 1.29 is 4.79 Å². The van der Waals surface area contributed by atoms with Gasteiger partial charge in [0.2, 0.25) is 0 Å². The van der Waals surface area contributed by atoms with Gasteiger partial charge in [0.25, 0.3) is 5.91 Å². The lowest BCUT2D eigenvalue weighted by molar-refractivity contribution is 0.100. The first-order valence-electron chi connectivity index (χ1n) is 11.8. The lowest BCUT2D eigenvalue weighted by Crippen LogP contribution is -2.60. The first-order chi connectivity index (χ1) is 16.9. The number of hydrogen-bond acceptors (Lipinski definition) is 9. The Morgan fingerprint density at radius 1 is 1.03 bits per heavy atom. The Morgan fingerprint density at radius 3 is 2.49 bits per heavy atom. The summed E-state index contributed by atoms with van der Waals surface area (Å²) in [5.74, 6) is 1.39. The van der Waals surface area contributed by atoms with Crippen molar-refractivity contribution in [1.82, 2.24) is 20.3 Å². The second-order valence-electron chi connectivity index (χ2n) is 9.51. The van der Waals surface area contributed by atoms with Gasteiger partial charge in [0.05, 0.1) is 28.8 Å². The average molecular weight is 474 g/mol. The van der Waals surface area contributed by atoms with Crippen LogP contribution < -0.4 is 31.5 Å². The standard InChI is InChI=1S/C25H31N9O/c1-33(2)24-19(4-3-9-28-24)31-20-12-22(30-14-18(20)23(26)35)32-21-6-5-17(13-29-21)34-15-25(16-34)7-10-27-11-8-25/h3-6,9,12-14,27H,7-8,10-11,15-16H2,1-2H3,(H2,26,35)(H2,29,30,31,32). The molecule has 5 rings (SSSR count). The van der Waals surface area contributed by atoms with Gasteiger partial charge in [0.15, 0.2) is 5.82 Å². The van der Waals surface area contributed by atoms with Gasteiger partial charge in [-0.1, -0.05) is 0 Å². The molecule has 2 saturated heterocycles. The number of nitrogens with one attached hydrogen (secondary N) is 3. The molecule has 1 amide bonds. The van der Waals surface area contributed by atoms with Crippen LogP contribution in [0, 0.1) is 5.41 Å². The van der Waals surface area contributed by atoms with Gasteiger partial charge in [-0.3, -0.25) is 4.79 Å². The Balaban J connectivity index is 1.30. The van der Waals surface area contributed by atoms with Gasteiger partial charge in [-0.25, -0.2) is 15.0 Å². The second kappa shape index (κ2) is 9.38. The maximum atomic E-state index is 12.0. The molecule has 0 aromatic carbocycles. The predicted octanol–water partition coefficient (Wildman–Crippen LogP) is 2.71. The molecule has 10 nitrogen and oxygen atoms in total. The van der Waals surface area contributed by atoms with Crippen molar-refractivity contribution in [2.75, 3.05) is 60.7 Å². The minimum absolute atomic E-state index is 0.289. The predicted molar refractivity (Wildman–Crippen MR) is 139 cm³/mol. The summed E-state index contributed by atoms with van der Waals surface area (Å²) in [6, 6.07) is 9.50. The number of nitrogens with two attached hydrogens (primary N) is 1. The fourth-order valence-corrected chi connectivity index (χ4v) is 4.82. The van der Waals surface area contributed by atoms with E-state index in [0.717, 1.165) is 43.4 Å². The van der Waals surface area contributed by atoms with Crippen LogP contribution in [0.3, 0.4) is 0 Å². The molecule has 3 aromatic rings. The summed E-state index contributed by atoms with van der Waals surface area (Å²) < 4.78 is 0. The second-order valence-corrected chi connectivity index (χ2v) is 9.51. The van der Waals surface area contributed by atoms with Gasteiger partial charge < -0.3 is 31.5 Å². The van der Waals surface area contributed by atoms with Crippen LogP contribution >= 0.6 is 0 Å². The monoisotopic (exact) mass is 473 g/mol. The van der Waals surface area contributed by atoms with Crippen LogP contribution in [-0.2, 0) is 0 Å². The van der Waals surface area contributed by atoms with Crippen LogP contribution in [-0.4, -0.2) is 61.1 Å². The van der Waals surface area contributed by atoms with Gasteiger partial charge in [-0.05, 0) is 50.2 Å². The van der Waals surface area contributed by atoms with E-state index in [1.54, 1.807) is 12.3 Å². The topological polar surface area (TPSA) is 124 Å². The fourth-order valence-electron chi connectivity index (χ4n) is 4.82. The van der Waals surface area contributed by atoms with Crippen LogP contribution in [0.5, 0.6) is 0 Å². The quantitative estimate of drug-likeness (QED) is 0.410. The van der Waals surface area contributed by atoms with Crippen LogP contribution in [0.4, 0.5) is 34.5 Å². The summed E-state index contributed by atoms with van der Waals surface area (Å²) >= 11 is 0. The fraction of sp³-hybridized carbons (Fsp3) is 0.360. The van der Waals surface area contributed by atoms with E-state index in [2.05, 4.69) is 41.9 Å². The van der Waals surface area contributed by atoms with Crippen molar-refractivity contribution in [3.05, 3.63) is 54.5 Å². The zero-order valence-corrected chi connectivity index (χ0v) is 20.1. The number of aromatic nitrogens is 3. The molecule has 182 valence electrons. The first-order valence-corrected chi connectivity index (χ1v) is 11.8. The van der Waals surface area contributed by atoms with Gasteiger partial charge in [-0.2, -0.15) is 0 Å². The van der Waals surface area contributed by atoms with Crippen molar-refractivity contribution in [3.8, 4) is 0 Å². The molecule has 0 unspecified atom stereocenters. The van der Waals surface area contributed by atoms with Gasteiger partial charge >= 0.3 is 0 Å². The van der Waals surface area contributed by atoms with Crippen molar-refractivity contribution in [1.29, 1.82) is 0 Å². The summed E-state index contributed by atoms with van der Waals surface area (Å²) in [5, 5.41) is 9.95. The maximum Gasteiger partial charge on any atom is 0.252 e. The molecule has 3 aromatic heterocycles. The highest BCUT2D eigenvalue weighted by Crippen LogP contribution is 2.41. The summed E-state index contributed by atoms with van der Waals surface area (Å²) in [5.41, 5.74) is 8.78. The molecule has 0 radical (unpaired) electrons. The summed E-state index contributed by atoms with van der Waals surface area (Å²) in [4.78, 5) is 29.7. The smallest absolute Gasteiger partial charge is 0.252 e. The highest BCUT2D eigenvalue weighted by atomic mass is 16.1. The number of anilines is 6. The Hall–Kier alpha value is -3.92. The number of piperidine rings is 1. The van der Waals surface area contributed by atoms with Crippen LogP contribution in [0.25, 0.3) is 0 Å². The lowest BCUT2D eigenvalue weighted by Gasteiger charge is -2.53. The molecular formula is C25H31N9O. The third kappa shape index (κ3) is 4.83. The Kier molecular flexibility index (Phi) is 6.12.